The van der Waals surface area contributed by atoms with Crippen molar-refractivity contribution in [2.24, 2.45) is 0 Å². The monoisotopic (exact) mass is 268 g/mol. The van der Waals surface area contributed by atoms with Crippen LogP contribution >= 0.6 is 15.9 Å². The van der Waals surface area contributed by atoms with E-state index in [1.807, 2.05) is 0 Å². The number of rotatable bonds is 1. The molecular weight excluding hydrogens is 263 g/mol. The maximum absolute atomic E-state index is 12.9. The molecule has 1 aromatic heterocycles. The third-order valence-corrected chi connectivity index (χ3v) is 2.25. The summed E-state index contributed by atoms with van der Waals surface area (Å²) in [5.41, 5.74) is 0.0995. The van der Waals surface area contributed by atoms with Crippen molar-refractivity contribution >= 4 is 15.9 Å². The van der Waals surface area contributed by atoms with Crippen LogP contribution in [0, 0.1) is 5.82 Å². The lowest BCUT2D eigenvalue weighted by Gasteiger charge is -2.03. The van der Waals surface area contributed by atoms with E-state index in [9.17, 15) is 9.18 Å². The van der Waals surface area contributed by atoms with Crippen LogP contribution in [-0.2, 0) is 0 Å². The maximum atomic E-state index is 12.9. The van der Waals surface area contributed by atoms with Crippen molar-refractivity contribution in [2.45, 2.75) is 0 Å². The van der Waals surface area contributed by atoms with Crippen molar-refractivity contribution in [3.63, 3.8) is 0 Å². The molecule has 1 aromatic carbocycles. The number of hydrogen-bond donors (Lipinski definition) is 0. The Bertz CT molecular complexity index is 553. The van der Waals surface area contributed by atoms with Gasteiger partial charge in [-0.2, -0.15) is 9.78 Å². The predicted octanol–water partition coefficient (Wildman–Crippen LogP) is 2.13. The topological polar surface area (TPSA) is 34.9 Å². The Kier molecular flexibility index (Phi) is 2.64. The molecule has 0 unspecified atom stereocenters. The molecule has 0 spiro atoms. The Labute approximate surface area is 93.3 Å². The van der Waals surface area contributed by atoms with E-state index in [1.54, 1.807) is 6.07 Å². The lowest BCUT2D eigenvalue weighted by atomic mass is 10.3. The van der Waals surface area contributed by atoms with E-state index in [-0.39, 0.29) is 5.56 Å². The number of halogens is 2. The fourth-order valence-corrected chi connectivity index (χ4v) is 1.48. The van der Waals surface area contributed by atoms with E-state index < -0.39 is 5.82 Å². The molecule has 0 aliphatic heterocycles. The molecule has 0 bridgehead atoms. The fraction of sp³-hybridized carbons (Fsp3) is 0. The highest BCUT2D eigenvalue weighted by Crippen LogP contribution is 2.07. The van der Waals surface area contributed by atoms with Gasteiger partial charge in [0.15, 0.2) is 0 Å². The van der Waals surface area contributed by atoms with Gasteiger partial charge in [0.25, 0.3) is 5.56 Å². The second kappa shape index (κ2) is 3.94. The molecule has 76 valence electrons. The SMILES string of the molecule is O=c1cc(Br)cnn1-c1cccc(F)c1. The molecule has 0 fully saturated rings. The largest absolute Gasteiger partial charge is 0.272 e. The zero-order chi connectivity index (χ0) is 10.8. The van der Waals surface area contributed by atoms with Crippen LogP contribution in [0.1, 0.15) is 0 Å². The van der Waals surface area contributed by atoms with Gasteiger partial charge in [-0.15, -0.1) is 0 Å². The maximum Gasteiger partial charge on any atom is 0.272 e. The van der Waals surface area contributed by atoms with Gasteiger partial charge in [0.2, 0.25) is 0 Å². The summed E-state index contributed by atoms with van der Waals surface area (Å²) in [5.74, 6) is -0.399. The second-order valence-corrected chi connectivity index (χ2v) is 3.82. The number of aromatic nitrogens is 2. The summed E-state index contributed by atoms with van der Waals surface area (Å²) < 4.78 is 14.6. The summed E-state index contributed by atoms with van der Waals surface area (Å²) in [5, 5.41) is 3.88. The molecule has 2 rings (SSSR count). The Hall–Kier alpha value is -1.49. The lowest BCUT2D eigenvalue weighted by Crippen LogP contribution is -2.19. The molecule has 0 radical (unpaired) electrons. The quantitative estimate of drug-likeness (QED) is 0.794. The standard InChI is InChI=1S/C10H6BrFN2O/c11-7-4-10(15)14(13-6-7)9-3-1-2-8(12)5-9/h1-6H. The molecule has 0 aliphatic rings. The van der Waals surface area contributed by atoms with Gasteiger partial charge in [0, 0.05) is 10.5 Å². The Morgan fingerprint density at radius 1 is 1.33 bits per heavy atom. The molecule has 0 aliphatic carbocycles. The number of hydrogen-bond acceptors (Lipinski definition) is 2. The Morgan fingerprint density at radius 3 is 2.80 bits per heavy atom. The van der Waals surface area contributed by atoms with E-state index in [4.69, 9.17) is 0 Å². The van der Waals surface area contributed by atoms with E-state index in [0.717, 1.165) is 4.68 Å². The van der Waals surface area contributed by atoms with Crippen LogP contribution in [-0.4, -0.2) is 9.78 Å². The van der Waals surface area contributed by atoms with Crippen LogP contribution in [0.5, 0.6) is 0 Å². The van der Waals surface area contributed by atoms with Crippen molar-refractivity contribution in [1.29, 1.82) is 0 Å². The van der Waals surface area contributed by atoms with Crippen LogP contribution in [0.2, 0.25) is 0 Å². The first kappa shape index (κ1) is 10.0. The Balaban J connectivity index is 2.59. The summed E-state index contributed by atoms with van der Waals surface area (Å²) in [4.78, 5) is 11.5. The summed E-state index contributed by atoms with van der Waals surface area (Å²) in [6, 6.07) is 7.08. The molecule has 15 heavy (non-hydrogen) atoms. The van der Waals surface area contributed by atoms with Gasteiger partial charge in [0.05, 0.1) is 11.9 Å². The van der Waals surface area contributed by atoms with Gasteiger partial charge >= 0.3 is 0 Å². The zero-order valence-corrected chi connectivity index (χ0v) is 9.11. The normalized spacial score (nSPS) is 10.3. The number of benzene rings is 1. The van der Waals surface area contributed by atoms with Crippen LogP contribution < -0.4 is 5.56 Å². The molecule has 0 saturated heterocycles. The first-order valence-electron chi connectivity index (χ1n) is 4.17. The average molecular weight is 269 g/mol. The molecule has 3 nitrogen and oxygen atoms in total. The van der Waals surface area contributed by atoms with Crippen molar-refractivity contribution in [1.82, 2.24) is 9.78 Å². The van der Waals surface area contributed by atoms with E-state index in [0.29, 0.717) is 10.2 Å². The van der Waals surface area contributed by atoms with Crippen molar-refractivity contribution < 1.29 is 4.39 Å². The fourth-order valence-electron chi connectivity index (χ4n) is 1.19. The van der Waals surface area contributed by atoms with E-state index in [1.165, 1.54) is 30.5 Å². The molecule has 1 heterocycles. The highest BCUT2D eigenvalue weighted by Gasteiger charge is 2.02. The zero-order valence-electron chi connectivity index (χ0n) is 7.52. The molecule has 5 heteroatoms. The van der Waals surface area contributed by atoms with Crippen molar-refractivity contribution in [2.75, 3.05) is 0 Å². The first-order chi connectivity index (χ1) is 7.16. The highest BCUT2D eigenvalue weighted by atomic mass is 79.9. The third-order valence-electron chi connectivity index (χ3n) is 1.82. The highest BCUT2D eigenvalue weighted by molar-refractivity contribution is 9.10. The summed E-state index contributed by atoms with van der Waals surface area (Å²) in [6.07, 6.45) is 1.48. The third kappa shape index (κ3) is 2.12. The second-order valence-electron chi connectivity index (χ2n) is 2.90. The molecule has 0 saturated carbocycles. The van der Waals surface area contributed by atoms with Crippen molar-refractivity contribution in [3.8, 4) is 5.69 Å². The van der Waals surface area contributed by atoms with Gasteiger partial charge in [-0.3, -0.25) is 4.79 Å². The minimum Gasteiger partial charge on any atom is -0.267 e. The molecule has 0 amide bonds. The van der Waals surface area contributed by atoms with Crippen LogP contribution in [0.3, 0.4) is 0 Å². The van der Waals surface area contributed by atoms with E-state index >= 15 is 0 Å². The lowest BCUT2D eigenvalue weighted by molar-refractivity contribution is 0.624. The van der Waals surface area contributed by atoms with Gasteiger partial charge in [-0.25, -0.2) is 4.39 Å². The predicted molar refractivity (Wildman–Crippen MR) is 57.5 cm³/mol. The average Bonchev–Trinajstić information content (AvgIpc) is 2.17. The smallest absolute Gasteiger partial charge is 0.267 e. The molecule has 0 N–H and O–H groups in total. The van der Waals surface area contributed by atoms with Gasteiger partial charge < -0.3 is 0 Å². The minimum absolute atomic E-state index is 0.310. The molecule has 0 atom stereocenters. The summed E-state index contributed by atoms with van der Waals surface area (Å²) in [6.45, 7) is 0. The van der Waals surface area contributed by atoms with Gasteiger partial charge in [-0.1, -0.05) is 6.07 Å². The van der Waals surface area contributed by atoms with Crippen LogP contribution in [0.15, 0.2) is 45.8 Å². The number of nitrogens with zero attached hydrogens (tertiary/aromatic N) is 2. The minimum atomic E-state index is -0.399. The summed E-state index contributed by atoms with van der Waals surface area (Å²) in [7, 11) is 0. The summed E-state index contributed by atoms with van der Waals surface area (Å²) >= 11 is 3.13. The van der Waals surface area contributed by atoms with Crippen LogP contribution in [0.25, 0.3) is 5.69 Å². The van der Waals surface area contributed by atoms with Crippen molar-refractivity contribution in [3.05, 3.63) is 57.2 Å². The van der Waals surface area contributed by atoms with Gasteiger partial charge in [-0.05, 0) is 34.1 Å². The molecular formula is C10H6BrFN2O. The molecule has 2 aromatic rings. The van der Waals surface area contributed by atoms with Crippen LogP contribution in [0.4, 0.5) is 4.39 Å². The van der Waals surface area contributed by atoms with E-state index in [2.05, 4.69) is 21.0 Å². The van der Waals surface area contributed by atoms with Gasteiger partial charge in [0.1, 0.15) is 5.82 Å². The Morgan fingerprint density at radius 2 is 2.13 bits per heavy atom. The first-order valence-corrected chi connectivity index (χ1v) is 4.97.